The lowest BCUT2D eigenvalue weighted by Gasteiger charge is -2.01. The van der Waals surface area contributed by atoms with Crippen LogP contribution in [0.3, 0.4) is 0 Å². The van der Waals surface area contributed by atoms with Gasteiger partial charge in [-0.2, -0.15) is 0 Å². The topological polar surface area (TPSA) is 66.8 Å². The quantitative estimate of drug-likeness (QED) is 0.527. The van der Waals surface area contributed by atoms with Crippen LogP contribution >= 0.6 is 0 Å². The first kappa shape index (κ1) is 9.38. The molecule has 0 aliphatic carbocycles. The number of phenols is 2. The Morgan fingerprint density at radius 3 is 2.62 bits per heavy atom. The molecule has 0 fully saturated rings. The molecule has 2 N–H and O–H groups in total. The minimum atomic E-state index is -0.495. The molecule has 13 heavy (non-hydrogen) atoms. The van der Waals surface area contributed by atoms with Gasteiger partial charge in [0.25, 0.3) is 0 Å². The Morgan fingerprint density at radius 2 is 2.08 bits per heavy atom. The van der Waals surface area contributed by atoms with Crippen molar-refractivity contribution in [3.63, 3.8) is 0 Å². The average Bonchev–Trinajstić information content (AvgIpc) is 2.11. The van der Waals surface area contributed by atoms with Crippen LogP contribution in [0, 0.1) is 7.11 Å². The van der Waals surface area contributed by atoms with Crippen molar-refractivity contribution in [3.05, 3.63) is 30.9 Å². The fourth-order valence-corrected chi connectivity index (χ4v) is 0.897. The van der Waals surface area contributed by atoms with E-state index in [1.54, 1.807) is 0 Å². The molecular formula is C9H9O4. The van der Waals surface area contributed by atoms with Crippen molar-refractivity contribution in [1.29, 1.82) is 0 Å². The minimum Gasteiger partial charge on any atom is -0.504 e. The van der Waals surface area contributed by atoms with E-state index in [9.17, 15) is 4.79 Å². The normalized spacial score (nSPS) is 9.62. The molecule has 0 unspecified atom stereocenters. The maximum absolute atomic E-state index is 10.7. The van der Waals surface area contributed by atoms with Crippen LogP contribution in [-0.2, 0) is 16.0 Å². The molecule has 0 saturated heterocycles. The molecule has 69 valence electrons. The molecule has 0 heterocycles. The van der Waals surface area contributed by atoms with Gasteiger partial charge in [0.1, 0.15) is 7.11 Å². The number of aromatic hydroxyl groups is 2. The number of benzene rings is 1. The van der Waals surface area contributed by atoms with Crippen LogP contribution in [0.4, 0.5) is 0 Å². The largest absolute Gasteiger partial charge is 0.504 e. The summed E-state index contributed by atoms with van der Waals surface area (Å²) in [7, 11) is 2.96. The van der Waals surface area contributed by atoms with Gasteiger partial charge in [-0.3, -0.25) is 4.79 Å². The van der Waals surface area contributed by atoms with Gasteiger partial charge in [-0.25, -0.2) is 0 Å². The molecule has 0 bridgehead atoms. The van der Waals surface area contributed by atoms with Gasteiger partial charge in [-0.1, -0.05) is 6.07 Å². The third kappa shape index (κ3) is 2.37. The highest BCUT2D eigenvalue weighted by atomic mass is 16.5. The lowest BCUT2D eigenvalue weighted by atomic mass is 10.1. The number of esters is 1. The highest BCUT2D eigenvalue weighted by Gasteiger charge is 2.05. The lowest BCUT2D eigenvalue weighted by molar-refractivity contribution is -0.137. The van der Waals surface area contributed by atoms with Crippen LogP contribution in [0.5, 0.6) is 11.5 Å². The molecule has 0 amide bonds. The molecule has 4 heteroatoms. The number of hydrogen-bond donors (Lipinski definition) is 2. The first-order chi connectivity index (χ1) is 6.13. The summed E-state index contributed by atoms with van der Waals surface area (Å²) in [5, 5.41) is 18.0. The van der Waals surface area contributed by atoms with E-state index in [1.165, 1.54) is 18.2 Å². The summed E-state index contributed by atoms with van der Waals surface area (Å²) in [5.41, 5.74) is 0.559. The second kappa shape index (κ2) is 3.80. The summed E-state index contributed by atoms with van der Waals surface area (Å²) in [5.74, 6) is -0.966. The molecule has 4 nitrogen and oxygen atoms in total. The second-order valence-corrected chi connectivity index (χ2v) is 2.52. The van der Waals surface area contributed by atoms with Gasteiger partial charge in [-0.15, -0.1) is 0 Å². The third-order valence-corrected chi connectivity index (χ3v) is 1.55. The summed E-state index contributed by atoms with van der Waals surface area (Å²) in [6.45, 7) is 0. The lowest BCUT2D eigenvalue weighted by Crippen LogP contribution is -2.02. The van der Waals surface area contributed by atoms with Crippen molar-refractivity contribution < 1.29 is 19.7 Å². The van der Waals surface area contributed by atoms with Crippen molar-refractivity contribution in [1.82, 2.24) is 0 Å². The van der Waals surface area contributed by atoms with Crippen molar-refractivity contribution in [2.24, 2.45) is 0 Å². The average molecular weight is 181 g/mol. The van der Waals surface area contributed by atoms with E-state index >= 15 is 0 Å². The predicted octanol–water partition coefficient (Wildman–Crippen LogP) is 0.975. The minimum absolute atomic E-state index is 0.0251. The van der Waals surface area contributed by atoms with Crippen molar-refractivity contribution >= 4 is 5.97 Å². The third-order valence-electron chi connectivity index (χ3n) is 1.55. The summed E-state index contributed by atoms with van der Waals surface area (Å²) in [6.07, 6.45) is 0.0251. The predicted molar refractivity (Wildman–Crippen MR) is 44.9 cm³/mol. The first-order valence-corrected chi connectivity index (χ1v) is 3.59. The van der Waals surface area contributed by atoms with E-state index in [4.69, 9.17) is 10.2 Å². The summed E-state index contributed by atoms with van der Waals surface area (Å²) >= 11 is 0. The molecule has 0 aliphatic heterocycles. The molecule has 1 aromatic rings. The molecule has 0 saturated carbocycles. The van der Waals surface area contributed by atoms with Crippen LogP contribution in [-0.4, -0.2) is 16.2 Å². The van der Waals surface area contributed by atoms with Crippen LogP contribution in [0.2, 0.25) is 0 Å². The van der Waals surface area contributed by atoms with Crippen LogP contribution in [0.15, 0.2) is 18.2 Å². The smallest absolute Gasteiger partial charge is 0.310 e. The Kier molecular flexibility index (Phi) is 2.74. The first-order valence-electron chi connectivity index (χ1n) is 3.59. The second-order valence-electron chi connectivity index (χ2n) is 2.52. The Morgan fingerprint density at radius 1 is 1.38 bits per heavy atom. The molecule has 1 radical (unpaired) electrons. The molecule has 0 spiro atoms. The zero-order chi connectivity index (χ0) is 9.84. The fraction of sp³-hybridized carbons (Fsp3) is 0.111. The van der Waals surface area contributed by atoms with Gasteiger partial charge >= 0.3 is 5.97 Å². The maximum atomic E-state index is 10.7. The molecule has 0 aliphatic rings. The van der Waals surface area contributed by atoms with E-state index < -0.39 is 5.97 Å². The van der Waals surface area contributed by atoms with Gasteiger partial charge in [0.15, 0.2) is 11.5 Å². The van der Waals surface area contributed by atoms with Crippen molar-refractivity contribution in [3.8, 4) is 11.5 Å². The van der Waals surface area contributed by atoms with E-state index in [-0.39, 0.29) is 17.9 Å². The van der Waals surface area contributed by atoms with E-state index in [0.717, 1.165) is 0 Å². The number of rotatable bonds is 2. The van der Waals surface area contributed by atoms with Gasteiger partial charge in [0, 0.05) is 0 Å². The SMILES string of the molecule is [CH2]OC(=O)Cc1ccc(O)c(O)c1. The fourth-order valence-electron chi connectivity index (χ4n) is 0.897. The van der Waals surface area contributed by atoms with Gasteiger partial charge in [0.05, 0.1) is 6.42 Å². The zero-order valence-electron chi connectivity index (χ0n) is 6.86. The molecule has 0 aromatic heterocycles. The molecular weight excluding hydrogens is 172 g/mol. The Labute approximate surface area is 75.4 Å². The number of phenolic OH excluding ortho intramolecular Hbond substituents is 2. The van der Waals surface area contributed by atoms with E-state index in [2.05, 4.69) is 11.8 Å². The van der Waals surface area contributed by atoms with Gasteiger partial charge in [0.2, 0.25) is 0 Å². The maximum Gasteiger partial charge on any atom is 0.310 e. The Bertz CT molecular complexity index is 319. The highest BCUT2D eigenvalue weighted by Crippen LogP contribution is 2.24. The number of carbonyl (C=O) groups excluding carboxylic acids is 1. The summed E-state index contributed by atoms with van der Waals surface area (Å²) in [4.78, 5) is 10.7. The standard InChI is InChI=1S/C9H9O4/c1-13-9(12)5-6-2-3-7(10)8(11)4-6/h2-4,10-11H,1,5H2. The monoisotopic (exact) mass is 181 g/mol. The molecule has 1 aromatic carbocycles. The summed E-state index contributed by atoms with van der Waals surface area (Å²) in [6, 6.07) is 4.12. The zero-order valence-corrected chi connectivity index (χ0v) is 6.86. The number of carbonyl (C=O) groups is 1. The van der Waals surface area contributed by atoms with Gasteiger partial charge in [-0.05, 0) is 17.7 Å². The highest BCUT2D eigenvalue weighted by molar-refractivity contribution is 5.73. The van der Waals surface area contributed by atoms with E-state index in [1.807, 2.05) is 0 Å². The van der Waals surface area contributed by atoms with Crippen LogP contribution < -0.4 is 0 Å². The number of ether oxygens (including phenoxy) is 1. The molecule has 1 rings (SSSR count). The van der Waals surface area contributed by atoms with Crippen molar-refractivity contribution in [2.75, 3.05) is 0 Å². The Balaban J connectivity index is 2.79. The van der Waals surface area contributed by atoms with Crippen LogP contribution in [0.25, 0.3) is 0 Å². The summed E-state index contributed by atoms with van der Waals surface area (Å²) < 4.78 is 4.19. The van der Waals surface area contributed by atoms with Gasteiger partial charge < -0.3 is 14.9 Å². The number of hydrogen-bond acceptors (Lipinski definition) is 4. The molecule has 0 atom stereocenters. The van der Waals surface area contributed by atoms with Crippen molar-refractivity contribution in [2.45, 2.75) is 6.42 Å². The van der Waals surface area contributed by atoms with Crippen LogP contribution in [0.1, 0.15) is 5.56 Å². The van der Waals surface area contributed by atoms with E-state index in [0.29, 0.717) is 5.56 Å². The Hall–Kier alpha value is -1.71.